The van der Waals surface area contributed by atoms with Crippen molar-refractivity contribution in [3.8, 4) is 11.5 Å². The van der Waals surface area contributed by atoms with Gasteiger partial charge in [-0.1, -0.05) is 84.0 Å². The van der Waals surface area contributed by atoms with Gasteiger partial charge >= 0.3 is 12.1 Å². The highest BCUT2D eigenvalue weighted by atomic mass is 16.6. The van der Waals surface area contributed by atoms with Gasteiger partial charge in [0.2, 0.25) is 5.91 Å². The molecule has 16 nitrogen and oxygen atoms in total. The molecule has 3 aromatic rings. The highest BCUT2D eigenvalue weighted by Gasteiger charge is 2.44. The number of nitrogens with one attached hydrogen (secondary N) is 3. The van der Waals surface area contributed by atoms with Crippen molar-refractivity contribution in [2.24, 2.45) is 10.8 Å². The van der Waals surface area contributed by atoms with Gasteiger partial charge in [-0.15, -0.1) is 0 Å². The van der Waals surface area contributed by atoms with Gasteiger partial charge in [0.25, 0.3) is 5.91 Å². The lowest BCUT2D eigenvalue weighted by molar-refractivity contribution is -0.133. The zero-order valence-corrected chi connectivity index (χ0v) is 36.9. The van der Waals surface area contributed by atoms with Crippen molar-refractivity contribution < 1.29 is 43.6 Å². The Balaban J connectivity index is 1.41. The molecule has 3 heterocycles. The Morgan fingerprint density at radius 2 is 1.54 bits per heavy atom. The number of rotatable bonds is 16. The predicted molar refractivity (Wildman–Crippen MR) is 228 cm³/mol. The predicted octanol–water partition coefficient (Wildman–Crippen LogP) is 4.13. The SMILES string of the molecule is COC(=O)N[C@H](C(=O)NN(Cc1ccc2c(c1)OCCO2)C[C@H](O)[C@H](Cc1ccccc1)NC(=O)[C@@H](N1CCN(Cc2cccc(C(C)(C)O)n2)C1=O)C(C)(C)C)C(C)(C)C. The van der Waals surface area contributed by atoms with Crippen LogP contribution >= 0.6 is 0 Å². The van der Waals surface area contributed by atoms with E-state index in [2.05, 4.69) is 21.0 Å². The van der Waals surface area contributed by atoms with Gasteiger partial charge in [0.1, 0.15) is 30.9 Å². The van der Waals surface area contributed by atoms with Crippen LogP contribution in [0.4, 0.5) is 9.59 Å². The summed E-state index contributed by atoms with van der Waals surface area (Å²) in [7, 11) is 1.22. The molecule has 2 aromatic carbocycles. The number of aromatic nitrogens is 1. The fraction of sp³-hybridized carbons (Fsp3) is 0.533. The summed E-state index contributed by atoms with van der Waals surface area (Å²) < 4.78 is 16.3. The highest BCUT2D eigenvalue weighted by molar-refractivity contribution is 5.89. The van der Waals surface area contributed by atoms with E-state index in [1.54, 1.807) is 73.7 Å². The van der Waals surface area contributed by atoms with E-state index in [-0.39, 0.29) is 38.6 Å². The summed E-state index contributed by atoms with van der Waals surface area (Å²) >= 11 is 0. The molecule has 0 bridgehead atoms. The molecule has 0 spiro atoms. The quantitative estimate of drug-likeness (QED) is 0.130. The number of aliphatic hydroxyl groups is 2. The van der Waals surface area contributed by atoms with E-state index < -0.39 is 58.6 Å². The first-order valence-corrected chi connectivity index (χ1v) is 20.7. The summed E-state index contributed by atoms with van der Waals surface area (Å²) in [6.45, 7) is 16.0. The van der Waals surface area contributed by atoms with E-state index in [0.29, 0.717) is 42.6 Å². The highest BCUT2D eigenvalue weighted by Crippen LogP contribution is 2.32. The molecule has 5 amide bonds. The Morgan fingerprint density at radius 3 is 2.18 bits per heavy atom. The zero-order valence-electron chi connectivity index (χ0n) is 36.9. The van der Waals surface area contributed by atoms with Crippen LogP contribution in [0.15, 0.2) is 66.7 Å². The number of benzene rings is 2. The number of aliphatic hydroxyl groups excluding tert-OH is 1. The third-order valence-corrected chi connectivity index (χ3v) is 10.6. The number of carbonyl (C=O) groups is 4. The summed E-state index contributed by atoms with van der Waals surface area (Å²) in [4.78, 5) is 62.8. The van der Waals surface area contributed by atoms with Crippen molar-refractivity contribution >= 4 is 23.9 Å². The maximum Gasteiger partial charge on any atom is 0.407 e. The van der Waals surface area contributed by atoms with Crippen LogP contribution in [0.2, 0.25) is 0 Å². The molecule has 1 aromatic heterocycles. The first kappa shape index (κ1) is 46.6. The Morgan fingerprint density at radius 1 is 0.852 bits per heavy atom. The summed E-state index contributed by atoms with van der Waals surface area (Å²) in [5.41, 5.74) is 3.00. The van der Waals surface area contributed by atoms with Crippen molar-refractivity contribution in [3.63, 3.8) is 0 Å². The molecule has 0 radical (unpaired) electrons. The van der Waals surface area contributed by atoms with Crippen molar-refractivity contribution in [1.82, 2.24) is 35.9 Å². The van der Waals surface area contributed by atoms with E-state index >= 15 is 0 Å². The van der Waals surface area contributed by atoms with Crippen molar-refractivity contribution in [2.45, 2.75) is 105 Å². The molecule has 1 saturated heterocycles. The number of carbonyl (C=O) groups excluding carboxylic acids is 4. The number of methoxy groups -OCH3 is 1. The first-order chi connectivity index (χ1) is 28.6. The molecule has 332 valence electrons. The molecule has 16 heteroatoms. The lowest BCUT2D eigenvalue weighted by Gasteiger charge is -2.38. The summed E-state index contributed by atoms with van der Waals surface area (Å²) in [6, 6.07) is 17.0. The van der Waals surface area contributed by atoms with Crippen LogP contribution in [0.5, 0.6) is 11.5 Å². The Kier molecular flexibility index (Phi) is 14.9. The number of amides is 5. The van der Waals surface area contributed by atoms with Crippen molar-refractivity contribution in [3.05, 3.63) is 89.2 Å². The van der Waals surface area contributed by atoms with E-state index in [9.17, 15) is 29.4 Å². The van der Waals surface area contributed by atoms with Gasteiger partial charge in [0, 0.05) is 26.2 Å². The van der Waals surface area contributed by atoms with Crippen LogP contribution in [0.25, 0.3) is 0 Å². The lowest BCUT2D eigenvalue weighted by Crippen LogP contribution is -2.61. The van der Waals surface area contributed by atoms with Gasteiger partial charge in [0.15, 0.2) is 11.5 Å². The number of hydrazine groups is 1. The molecular weight excluding hydrogens is 783 g/mol. The Hall–Kier alpha value is -5.45. The van der Waals surface area contributed by atoms with Crippen LogP contribution in [-0.2, 0) is 39.4 Å². The summed E-state index contributed by atoms with van der Waals surface area (Å²) in [5, 5.41) is 30.0. The number of fused-ring (bicyclic) bond motifs is 1. The first-order valence-electron chi connectivity index (χ1n) is 20.7. The number of hydrogen-bond acceptors (Lipinski definition) is 11. The van der Waals surface area contributed by atoms with Crippen molar-refractivity contribution in [1.29, 1.82) is 0 Å². The van der Waals surface area contributed by atoms with Gasteiger partial charge in [-0.05, 0) is 66.5 Å². The molecule has 5 N–H and O–H groups in total. The van der Waals surface area contributed by atoms with Crippen LogP contribution in [0.1, 0.15) is 77.9 Å². The third kappa shape index (κ3) is 12.6. The maximum atomic E-state index is 14.6. The summed E-state index contributed by atoms with van der Waals surface area (Å²) in [5.74, 6) is 0.156. The van der Waals surface area contributed by atoms with Crippen LogP contribution in [-0.4, -0.2) is 118 Å². The molecular formula is C45H63N7O9. The zero-order chi connectivity index (χ0) is 44.7. The molecule has 1 fully saturated rings. The lowest BCUT2D eigenvalue weighted by atomic mass is 9.84. The molecule has 4 atom stereocenters. The number of hydrogen-bond donors (Lipinski definition) is 5. The van der Waals surface area contributed by atoms with Gasteiger partial charge in [-0.25, -0.2) is 14.6 Å². The topological polar surface area (TPSA) is 195 Å². The van der Waals surface area contributed by atoms with E-state index in [0.717, 1.165) is 11.1 Å². The van der Waals surface area contributed by atoms with E-state index in [1.807, 2.05) is 63.2 Å². The second-order valence-electron chi connectivity index (χ2n) is 18.4. The van der Waals surface area contributed by atoms with Gasteiger partial charge in [-0.3, -0.25) is 20.0 Å². The average molecular weight is 846 g/mol. The van der Waals surface area contributed by atoms with Gasteiger partial charge < -0.3 is 44.9 Å². The maximum absolute atomic E-state index is 14.6. The fourth-order valence-electron chi connectivity index (χ4n) is 7.49. The molecule has 5 rings (SSSR count). The van der Waals surface area contributed by atoms with Gasteiger partial charge in [0.05, 0.1) is 37.2 Å². The smallest absolute Gasteiger partial charge is 0.407 e. The molecule has 2 aliphatic heterocycles. The normalized spacial score (nSPS) is 16.4. The van der Waals surface area contributed by atoms with Crippen LogP contribution in [0, 0.1) is 10.8 Å². The minimum Gasteiger partial charge on any atom is -0.486 e. The number of pyridine rings is 1. The average Bonchev–Trinajstić information content (AvgIpc) is 3.53. The minimum atomic E-state index is -1.26. The number of urea groups is 1. The van der Waals surface area contributed by atoms with E-state index in [1.165, 1.54) is 7.11 Å². The molecule has 0 unspecified atom stereocenters. The number of nitrogens with zero attached hydrogens (tertiary/aromatic N) is 4. The number of alkyl carbamates (subject to hydrolysis) is 1. The monoisotopic (exact) mass is 845 g/mol. The second kappa shape index (κ2) is 19.5. The molecule has 0 saturated carbocycles. The molecule has 0 aliphatic carbocycles. The molecule has 61 heavy (non-hydrogen) atoms. The number of ether oxygens (including phenoxy) is 3. The largest absolute Gasteiger partial charge is 0.486 e. The standard InChI is InChI=1S/C45H63N7O9/c1-43(2,3)37(48-41(56)59-9)39(54)49-51(26-30-18-19-34-35(25-30)61-23-22-60-34)28-33(53)32(24-29-14-11-10-12-15-29)47-40(55)38(44(4,5)6)52-21-20-50(42(52)57)27-31-16-13-17-36(46-31)45(7,8)58/h10-19,25,32-33,37-38,53,58H,20-24,26-28H2,1-9H3,(H,47,55)(H,48,56)(H,49,54)/t32-,33-,37+,38+/m0/s1. The Bertz CT molecular complexity index is 1990. The van der Waals surface area contributed by atoms with E-state index in [4.69, 9.17) is 14.2 Å². The minimum absolute atomic E-state index is 0.108. The summed E-state index contributed by atoms with van der Waals surface area (Å²) in [6.07, 6.45) is -1.80. The van der Waals surface area contributed by atoms with Crippen molar-refractivity contribution in [2.75, 3.05) is 40.0 Å². The second-order valence-corrected chi connectivity index (χ2v) is 18.4. The van der Waals surface area contributed by atoms with Crippen LogP contribution < -0.4 is 25.5 Å². The Labute approximate surface area is 358 Å². The molecule has 2 aliphatic rings. The fourth-order valence-corrected chi connectivity index (χ4v) is 7.49. The van der Waals surface area contributed by atoms with Gasteiger partial charge in [-0.2, -0.15) is 0 Å². The third-order valence-electron chi connectivity index (χ3n) is 10.6. The van der Waals surface area contributed by atoms with Crippen LogP contribution in [0.3, 0.4) is 0 Å².